The van der Waals surface area contributed by atoms with Crippen molar-refractivity contribution >= 4 is 39.5 Å². The van der Waals surface area contributed by atoms with Crippen LogP contribution in [0.3, 0.4) is 0 Å². The number of furan rings is 1. The molecule has 6 heteroatoms. The van der Waals surface area contributed by atoms with Gasteiger partial charge >= 0.3 is 0 Å². The third-order valence-electron chi connectivity index (χ3n) is 11.7. The van der Waals surface area contributed by atoms with Crippen LogP contribution in [0.25, 0.3) is 33.2 Å². The maximum absolute atomic E-state index is 12.2. The maximum atomic E-state index is 12.2. The van der Waals surface area contributed by atoms with Gasteiger partial charge in [0, 0.05) is 70.0 Å². The van der Waals surface area contributed by atoms with Crippen LogP contribution in [-0.2, 0) is 30.3 Å². The summed E-state index contributed by atoms with van der Waals surface area (Å²) in [6.45, 7) is 16.9. The molecule has 2 aromatic heterocycles. The molecule has 2 unspecified atom stereocenters. The molecular formula is C43H48IrNO3S-. The van der Waals surface area contributed by atoms with E-state index in [0.29, 0.717) is 11.2 Å². The number of carbonyl (C=O) groups is 1. The number of carbonyl (C=O) groups excluding carboxylic acids is 1. The number of aliphatic hydroxyl groups excluding tert-OH is 1. The fourth-order valence-corrected chi connectivity index (χ4v) is 8.99. The van der Waals surface area contributed by atoms with Crippen LogP contribution >= 0.6 is 11.8 Å². The van der Waals surface area contributed by atoms with Crippen molar-refractivity contribution in [2.24, 2.45) is 10.8 Å². The zero-order valence-corrected chi connectivity index (χ0v) is 33.2. The molecule has 1 aliphatic carbocycles. The third kappa shape index (κ3) is 6.46. The van der Waals surface area contributed by atoms with Crippen LogP contribution < -0.4 is 0 Å². The summed E-state index contributed by atoms with van der Waals surface area (Å²) < 4.78 is 6.09. The Morgan fingerprint density at radius 2 is 1.57 bits per heavy atom. The van der Waals surface area contributed by atoms with Gasteiger partial charge in [-0.05, 0) is 60.6 Å². The molecule has 0 fully saturated rings. The average molecular weight is 851 g/mol. The minimum absolute atomic E-state index is 0. The molecule has 0 saturated carbocycles. The molecule has 1 N–H and O–H groups in total. The van der Waals surface area contributed by atoms with E-state index in [9.17, 15) is 9.90 Å². The number of pyridine rings is 1. The number of fused-ring (bicyclic) bond motifs is 8. The van der Waals surface area contributed by atoms with Gasteiger partial charge in [0.25, 0.3) is 0 Å². The number of allylic oxidation sites excluding steroid dienone is 2. The molecule has 259 valence electrons. The van der Waals surface area contributed by atoms with Gasteiger partial charge in [-0.15, -0.1) is 46.7 Å². The summed E-state index contributed by atoms with van der Waals surface area (Å²) in [7, 11) is 0. The van der Waals surface area contributed by atoms with Crippen molar-refractivity contribution in [3.05, 3.63) is 108 Å². The molecule has 0 spiro atoms. The van der Waals surface area contributed by atoms with Crippen molar-refractivity contribution in [1.82, 2.24) is 4.98 Å². The molecule has 2 aliphatic rings. The van der Waals surface area contributed by atoms with E-state index in [1.54, 1.807) is 0 Å². The van der Waals surface area contributed by atoms with Gasteiger partial charge in [0.05, 0.1) is 0 Å². The molecule has 1 radical (unpaired) electrons. The second kappa shape index (κ2) is 14.2. The minimum atomic E-state index is -0.337. The normalized spacial score (nSPS) is 17.9. The Morgan fingerprint density at radius 1 is 0.918 bits per heavy atom. The van der Waals surface area contributed by atoms with Gasteiger partial charge in [0.2, 0.25) is 0 Å². The van der Waals surface area contributed by atoms with Gasteiger partial charge in [-0.1, -0.05) is 91.8 Å². The standard InChI is InChI=1S/C28H20NOS.C15H28O2.Ir/c1-28(2)21-13-16(11-12-18(21)27-26(28)19-8-4-6-10-25(19)31-27)22-14-24-20(15-29-22)17-7-3-5-9-23(17)30-24;1-7-14(5,8-2)12(16)11-13(17)15(6,9-3)10-4;/h3-10,12-15,26-27H,1-2H3;11,16H,7-10H2,1-6H3;/q-1;;/b;12-11-;. The zero-order chi connectivity index (χ0) is 34.4. The smallest absolute Gasteiger partial charge is 0.164 e. The Balaban J connectivity index is 0.000000226. The molecule has 49 heavy (non-hydrogen) atoms. The first-order valence-corrected chi connectivity index (χ1v) is 18.3. The summed E-state index contributed by atoms with van der Waals surface area (Å²) in [6, 6.07) is 27.1. The summed E-state index contributed by atoms with van der Waals surface area (Å²) >= 11 is 2.01. The molecule has 0 saturated heterocycles. The van der Waals surface area contributed by atoms with Crippen LogP contribution in [0.15, 0.2) is 94.1 Å². The maximum Gasteiger partial charge on any atom is 0.164 e. The van der Waals surface area contributed by atoms with Gasteiger partial charge in [-0.2, -0.15) is 0 Å². The molecule has 4 nitrogen and oxygen atoms in total. The summed E-state index contributed by atoms with van der Waals surface area (Å²) in [5.74, 6) is 0.784. The van der Waals surface area contributed by atoms with Gasteiger partial charge in [-0.25, -0.2) is 0 Å². The van der Waals surface area contributed by atoms with Crippen LogP contribution in [0.1, 0.15) is 109 Å². The van der Waals surface area contributed by atoms with Crippen LogP contribution in [-0.4, -0.2) is 15.9 Å². The monoisotopic (exact) mass is 851 g/mol. The van der Waals surface area contributed by atoms with Crippen LogP contribution in [0.4, 0.5) is 0 Å². The number of hydrogen-bond acceptors (Lipinski definition) is 5. The number of hydrogen-bond donors (Lipinski definition) is 1. The number of para-hydroxylation sites is 1. The van der Waals surface area contributed by atoms with Gasteiger partial charge in [-0.3, -0.25) is 4.79 Å². The summed E-state index contributed by atoms with van der Waals surface area (Å²) in [6.07, 6.45) is 6.69. The minimum Gasteiger partial charge on any atom is -0.512 e. The Morgan fingerprint density at radius 3 is 2.27 bits per heavy atom. The molecule has 7 rings (SSSR count). The van der Waals surface area contributed by atoms with E-state index < -0.39 is 0 Å². The van der Waals surface area contributed by atoms with Gasteiger partial charge in [0.1, 0.15) is 16.9 Å². The van der Waals surface area contributed by atoms with Crippen molar-refractivity contribution < 1.29 is 34.4 Å². The quantitative estimate of drug-likeness (QED) is 0.0957. The van der Waals surface area contributed by atoms with E-state index in [1.807, 2.05) is 77.7 Å². The van der Waals surface area contributed by atoms with E-state index in [-0.39, 0.29) is 47.9 Å². The van der Waals surface area contributed by atoms with E-state index >= 15 is 0 Å². The predicted octanol–water partition coefficient (Wildman–Crippen LogP) is 12.3. The number of benzene rings is 3. The fourth-order valence-electron chi connectivity index (χ4n) is 7.29. The predicted molar refractivity (Wildman–Crippen MR) is 200 cm³/mol. The summed E-state index contributed by atoms with van der Waals surface area (Å²) in [4.78, 5) is 18.4. The first-order chi connectivity index (χ1) is 22.9. The molecule has 5 aromatic rings. The Labute approximate surface area is 309 Å². The largest absolute Gasteiger partial charge is 0.512 e. The molecule has 3 aromatic carbocycles. The zero-order valence-electron chi connectivity index (χ0n) is 29.9. The van der Waals surface area contributed by atoms with Crippen molar-refractivity contribution in [3.8, 4) is 11.3 Å². The first kappa shape index (κ1) is 37.1. The second-order valence-corrected chi connectivity index (χ2v) is 15.8. The van der Waals surface area contributed by atoms with E-state index in [0.717, 1.165) is 58.9 Å². The SMILES string of the molecule is CC1(C)c2cc(-c3cc4oc5ccccc5c4cn3)[c-]cc2C2Sc3ccccc3C21.CCC(C)(CC)C(=O)/C=C(\O)C(C)(CC)CC.[Ir]. The average Bonchev–Trinajstić information content (AvgIpc) is 3.75. The van der Waals surface area contributed by atoms with Crippen LogP contribution in [0.5, 0.6) is 0 Å². The number of nitrogens with zero attached hydrogens (tertiary/aromatic N) is 1. The molecule has 1 aliphatic heterocycles. The topological polar surface area (TPSA) is 63.3 Å². The number of rotatable bonds is 8. The van der Waals surface area contributed by atoms with Crippen molar-refractivity contribution in [2.45, 2.75) is 103 Å². The van der Waals surface area contributed by atoms with Gasteiger partial charge in [0.15, 0.2) is 5.78 Å². The number of ketones is 1. The molecule has 2 atom stereocenters. The summed E-state index contributed by atoms with van der Waals surface area (Å²) in [5.41, 5.74) is 7.51. The van der Waals surface area contributed by atoms with Gasteiger partial charge < -0.3 is 14.5 Å². The van der Waals surface area contributed by atoms with Crippen molar-refractivity contribution in [2.75, 3.05) is 0 Å². The number of thioether (sulfide) groups is 1. The Bertz CT molecular complexity index is 2020. The van der Waals surface area contributed by atoms with Crippen molar-refractivity contribution in [1.29, 1.82) is 0 Å². The van der Waals surface area contributed by atoms with Crippen molar-refractivity contribution in [3.63, 3.8) is 0 Å². The van der Waals surface area contributed by atoms with E-state index in [4.69, 9.17) is 9.40 Å². The second-order valence-electron chi connectivity index (χ2n) is 14.6. The van der Waals surface area contributed by atoms with Crippen LogP contribution in [0.2, 0.25) is 0 Å². The van der Waals surface area contributed by atoms with E-state index in [2.05, 4.69) is 68.4 Å². The third-order valence-corrected chi connectivity index (χ3v) is 13.1. The Kier molecular flexibility index (Phi) is 10.8. The molecule has 0 bridgehead atoms. The fraction of sp³-hybridized carbons (Fsp3) is 0.395. The molecule has 3 heterocycles. The van der Waals surface area contributed by atoms with Crippen LogP contribution in [0, 0.1) is 16.9 Å². The summed E-state index contributed by atoms with van der Waals surface area (Å²) in [5, 5.41) is 12.8. The number of aliphatic hydroxyl groups is 1. The molecular weight excluding hydrogens is 803 g/mol. The Hall–Kier alpha value is -3.18. The van der Waals surface area contributed by atoms with E-state index in [1.165, 1.54) is 27.7 Å². The number of aromatic nitrogens is 1. The molecule has 0 amide bonds. The first-order valence-electron chi connectivity index (χ1n) is 17.5.